The van der Waals surface area contributed by atoms with Crippen molar-refractivity contribution >= 4 is 23.5 Å². The third kappa shape index (κ3) is 4.63. The Labute approximate surface area is 202 Å². The SMILES string of the molecule is C=CC(=O)N1CCC[C@H]1c1nc(-c2ccc(C(=O)Nc3cc(C)ccn3)cc2)c(C(N)=O)n1NC. The van der Waals surface area contributed by atoms with Gasteiger partial charge in [0, 0.05) is 30.9 Å². The number of carbonyl (C=O) groups excluding carboxylic acids is 3. The molecule has 0 unspecified atom stereocenters. The number of benzene rings is 1. The molecule has 4 rings (SSSR count). The van der Waals surface area contributed by atoms with Crippen LogP contribution in [0.25, 0.3) is 11.3 Å². The van der Waals surface area contributed by atoms with Crippen molar-refractivity contribution in [2.45, 2.75) is 25.8 Å². The van der Waals surface area contributed by atoms with Gasteiger partial charge in [0.1, 0.15) is 11.5 Å². The van der Waals surface area contributed by atoms with E-state index in [9.17, 15) is 14.4 Å². The second-order valence-corrected chi connectivity index (χ2v) is 8.23. The number of imidazole rings is 1. The van der Waals surface area contributed by atoms with E-state index in [-0.39, 0.29) is 23.6 Å². The monoisotopic (exact) mass is 473 g/mol. The molecule has 2 aromatic heterocycles. The fourth-order valence-corrected chi connectivity index (χ4v) is 4.30. The summed E-state index contributed by atoms with van der Waals surface area (Å²) < 4.78 is 1.53. The van der Waals surface area contributed by atoms with E-state index in [0.29, 0.717) is 41.4 Å². The van der Waals surface area contributed by atoms with Crippen molar-refractivity contribution in [3.8, 4) is 11.3 Å². The third-order valence-electron chi connectivity index (χ3n) is 5.95. The fourth-order valence-electron chi connectivity index (χ4n) is 4.30. The minimum atomic E-state index is -0.667. The molecule has 1 saturated heterocycles. The summed E-state index contributed by atoms with van der Waals surface area (Å²) >= 11 is 0. The van der Waals surface area contributed by atoms with E-state index in [2.05, 4.69) is 22.3 Å². The van der Waals surface area contributed by atoms with Crippen LogP contribution in [0.2, 0.25) is 0 Å². The van der Waals surface area contributed by atoms with Gasteiger partial charge in [-0.15, -0.1) is 0 Å². The molecule has 180 valence electrons. The largest absolute Gasteiger partial charge is 0.364 e. The second-order valence-electron chi connectivity index (χ2n) is 8.23. The molecular formula is C25H27N7O3. The molecule has 10 heteroatoms. The zero-order valence-electron chi connectivity index (χ0n) is 19.6. The summed E-state index contributed by atoms with van der Waals surface area (Å²) in [7, 11) is 1.66. The van der Waals surface area contributed by atoms with E-state index in [4.69, 9.17) is 10.7 Å². The number of likely N-dealkylation sites (tertiary alicyclic amines) is 1. The summed E-state index contributed by atoms with van der Waals surface area (Å²) in [6, 6.07) is 10.0. The van der Waals surface area contributed by atoms with E-state index >= 15 is 0 Å². The van der Waals surface area contributed by atoms with Crippen LogP contribution >= 0.6 is 0 Å². The van der Waals surface area contributed by atoms with Crippen molar-refractivity contribution in [3.63, 3.8) is 0 Å². The number of amides is 3. The quantitative estimate of drug-likeness (QED) is 0.452. The van der Waals surface area contributed by atoms with E-state index < -0.39 is 5.91 Å². The number of nitrogens with one attached hydrogen (secondary N) is 2. The molecule has 35 heavy (non-hydrogen) atoms. The molecule has 0 aliphatic carbocycles. The smallest absolute Gasteiger partial charge is 0.269 e. The van der Waals surface area contributed by atoms with Gasteiger partial charge >= 0.3 is 0 Å². The van der Waals surface area contributed by atoms with Crippen LogP contribution in [0.15, 0.2) is 55.3 Å². The summed E-state index contributed by atoms with van der Waals surface area (Å²) in [6.07, 6.45) is 4.41. The topological polar surface area (TPSA) is 135 Å². The number of hydrogen-bond donors (Lipinski definition) is 3. The Balaban J connectivity index is 1.67. The van der Waals surface area contributed by atoms with Gasteiger partial charge in [-0.25, -0.2) is 14.6 Å². The number of rotatable bonds is 7. The van der Waals surface area contributed by atoms with Gasteiger partial charge in [0.25, 0.3) is 11.8 Å². The lowest BCUT2D eigenvalue weighted by Gasteiger charge is -2.23. The zero-order valence-corrected chi connectivity index (χ0v) is 19.6. The highest BCUT2D eigenvalue weighted by atomic mass is 16.2. The van der Waals surface area contributed by atoms with Crippen molar-refractivity contribution < 1.29 is 14.4 Å². The molecule has 3 heterocycles. The van der Waals surface area contributed by atoms with Crippen LogP contribution in [0.3, 0.4) is 0 Å². The summed E-state index contributed by atoms with van der Waals surface area (Å²) in [5, 5.41) is 2.77. The van der Waals surface area contributed by atoms with Crippen LogP contribution in [0.1, 0.15) is 51.1 Å². The zero-order chi connectivity index (χ0) is 25.1. The molecule has 1 aromatic carbocycles. The Morgan fingerprint density at radius 2 is 1.94 bits per heavy atom. The Morgan fingerprint density at radius 3 is 2.57 bits per heavy atom. The van der Waals surface area contributed by atoms with Gasteiger partial charge in [0.15, 0.2) is 11.5 Å². The molecule has 0 radical (unpaired) electrons. The first kappa shape index (κ1) is 23.7. The fraction of sp³-hybridized carbons (Fsp3) is 0.240. The molecular weight excluding hydrogens is 446 g/mol. The number of aryl methyl sites for hydroxylation is 1. The van der Waals surface area contributed by atoms with Gasteiger partial charge in [-0.05, 0) is 55.7 Å². The van der Waals surface area contributed by atoms with Crippen LogP contribution in [-0.4, -0.2) is 50.9 Å². The van der Waals surface area contributed by atoms with Crippen molar-refractivity contribution in [2.24, 2.45) is 5.73 Å². The highest BCUT2D eigenvalue weighted by Gasteiger charge is 2.35. The highest BCUT2D eigenvalue weighted by Crippen LogP contribution is 2.34. The number of carbonyl (C=O) groups is 3. The van der Waals surface area contributed by atoms with Crippen LogP contribution in [0.4, 0.5) is 5.82 Å². The van der Waals surface area contributed by atoms with Gasteiger partial charge in [0.05, 0.1) is 6.04 Å². The van der Waals surface area contributed by atoms with Crippen molar-refractivity contribution in [1.82, 2.24) is 19.5 Å². The maximum absolute atomic E-state index is 12.7. The number of aromatic nitrogens is 3. The number of nitrogens with zero attached hydrogens (tertiary/aromatic N) is 4. The Kier molecular flexibility index (Phi) is 6.63. The van der Waals surface area contributed by atoms with Crippen LogP contribution < -0.4 is 16.5 Å². The minimum Gasteiger partial charge on any atom is -0.364 e. The molecule has 1 aliphatic heterocycles. The van der Waals surface area contributed by atoms with E-state index in [1.165, 1.54) is 10.8 Å². The molecule has 4 N–H and O–H groups in total. The van der Waals surface area contributed by atoms with Gasteiger partial charge < -0.3 is 21.4 Å². The standard InChI is InChI=1S/C25H27N7O3/c1-4-20(33)31-13-5-6-18(31)24-30-21(22(23(26)34)32(24)27-3)16-7-9-17(10-8-16)25(35)29-19-14-15(2)11-12-28-19/h4,7-12,14,18,27H,1,5-6,13H2,2-3H3,(H2,26,34)(H,28,29,35)/t18-/m0/s1. The van der Waals surface area contributed by atoms with E-state index in [0.717, 1.165) is 12.0 Å². The Bertz CT molecular complexity index is 1300. The Hall–Kier alpha value is -4.47. The molecule has 0 spiro atoms. The maximum atomic E-state index is 12.7. The maximum Gasteiger partial charge on any atom is 0.269 e. The Morgan fingerprint density at radius 1 is 1.20 bits per heavy atom. The predicted octanol–water partition coefficient (Wildman–Crippen LogP) is 2.63. The van der Waals surface area contributed by atoms with Gasteiger partial charge in [0.2, 0.25) is 5.91 Å². The summed E-state index contributed by atoms with van der Waals surface area (Å²) in [5.74, 6) is -0.200. The van der Waals surface area contributed by atoms with Gasteiger partial charge in [-0.3, -0.25) is 14.4 Å². The number of primary amides is 1. The lowest BCUT2D eigenvalue weighted by molar-refractivity contribution is -0.127. The van der Waals surface area contributed by atoms with Gasteiger partial charge in [-0.1, -0.05) is 18.7 Å². The molecule has 10 nitrogen and oxygen atoms in total. The summed E-state index contributed by atoms with van der Waals surface area (Å²) in [5.41, 5.74) is 11.2. The molecule has 1 fully saturated rings. The number of nitrogens with two attached hydrogens (primary N) is 1. The predicted molar refractivity (Wildman–Crippen MR) is 132 cm³/mol. The molecule has 1 atom stereocenters. The lowest BCUT2D eigenvalue weighted by Crippen LogP contribution is -2.32. The van der Waals surface area contributed by atoms with Crippen LogP contribution in [0, 0.1) is 6.92 Å². The average Bonchev–Trinajstić information content (AvgIpc) is 3.48. The molecule has 3 amide bonds. The third-order valence-corrected chi connectivity index (χ3v) is 5.95. The first-order valence-corrected chi connectivity index (χ1v) is 11.2. The number of hydrogen-bond acceptors (Lipinski definition) is 6. The van der Waals surface area contributed by atoms with Gasteiger partial charge in [-0.2, -0.15) is 0 Å². The second kappa shape index (κ2) is 9.80. The average molecular weight is 474 g/mol. The first-order valence-electron chi connectivity index (χ1n) is 11.2. The lowest BCUT2D eigenvalue weighted by atomic mass is 10.1. The minimum absolute atomic E-state index is 0.168. The molecule has 3 aromatic rings. The number of anilines is 1. The number of pyridine rings is 1. The van der Waals surface area contributed by atoms with Crippen molar-refractivity contribution in [1.29, 1.82) is 0 Å². The van der Waals surface area contributed by atoms with Crippen molar-refractivity contribution in [2.75, 3.05) is 24.3 Å². The molecule has 0 bridgehead atoms. The van der Waals surface area contributed by atoms with Crippen LogP contribution in [0.5, 0.6) is 0 Å². The van der Waals surface area contributed by atoms with E-state index in [1.807, 2.05) is 13.0 Å². The normalized spacial score (nSPS) is 15.0. The van der Waals surface area contributed by atoms with E-state index in [1.54, 1.807) is 48.5 Å². The highest BCUT2D eigenvalue weighted by molar-refractivity contribution is 6.04. The van der Waals surface area contributed by atoms with Crippen LogP contribution in [-0.2, 0) is 4.79 Å². The molecule has 0 saturated carbocycles. The van der Waals surface area contributed by atoms with Crippen molar-refractivity contribution in [3.05, 3.63) is 77.9 Å². The summed E-state index contributed by atoms with van der Waals surface area (Å²) in [4.78, 5) is 48.0. The first-order chi connectivity index (χ1) is 16.8. The summed E-state index contributed by atoms with van der Waals surface area (Å²) in [6.45, 7) is 6.07. The molecule has 1 aliphatic rings.